The SMILES string of the molecule is CC(=O)C(C(=O)C1C(C)C=CCC1(C)C)=C(O)C(C(C)=O)=C(O)C1C(C)C=CCC1(C)C. The Kier molecular flexibility index (Phi) is 7.43. The summed E-state index contributed by atoms with van der Waals surface area (Å²) in [4.78, 5) is 38.9. The van der Waals surface area contributed by atoms with Crippen LogP contribution in [-0.2, 0) is 14.4 Å². The van der Waals surface area contributed by atoms with Crippen LogP contribution in [0.2, 0.25) is 0 Å². The van der Waals surface area contributed by atoms with E-state index in [-0.39, 0.29) is 28.6 Å². The normalized spacial score (nSPS) is 30.2. The fourth-order valence-electron chi connectivity index (χ4n) is 5.65. The summed E-state index contributed by atoms with van der Waals surface area (Å²) in [7, 11) is 0. The molecule has 4 atom stereocenters. The molecule has 0 amide bonds. The Labute approximate surface area is 192 Å². The molecule has 5 heteroatoms. The molecule has 5 nitrogen and oxygen atoms in total. The molecule has 0 heterocycles. The van der Waals surface area contributed by atoms with E-state index in [0.717, 1.165) is 0 Å². The van der Waals surface area contributed by atoms with E-state index in [1.54, 1.807) is 0 Å². The molecular weight excluding hydrogens is 404 g/mol. The van der Waals surface area contributed by atoms with E-state index in [4.69, 9.17) is 0 Å². The molecule has 0 bridgehead atoms. The Morgan fingerprint density at radius 2 is 1.16 bits per heavy atom. The van der Waals surface area contributed by atoms with Gasteiger partial charge in [-0.25, -0.2) is 0 Å². The molecule has 0 radical (unpaired) electrons. The molecule has 2 aliphatic carbocycles. The highest BCUT2D eigenvalue weighted by atomic mass is 16.3. The van der Waals surface area contributed by atoms with Crippen molar-refractivity contribution in [3.8, 4) is 0 Å². The number of aliphatic hydroxyl groups is 2. The van der Waals surface area contributed by atoms with Gasteiger partial charge in [-0.2, -0.15) is 0 Å². The number of carbonyl (C=O) groups excluding carboxylic acids is 3. The van der Waals surface area contributed by atoms with E-state index in [1.807, 2.05) is 65.8 Å². The zero-order chi connectivity index (χ0) is 24.6. The summed E-state index contributed by atoms with van der Waals surface area (Å²) in [5.74, 6) is -3.84. The Balaban J connectivity index is 2.73. The van der Waals surface area contributed by atoms with Gasteiger partial charge in [-0.1, -0.05) is 65.8 Å². The molecule has 2 N–H and O–H groups in total. The Morgan fingerprint density at radius 3 is 1.53 bits per heavy atom. The third kappa shape index (κ3) is 4.82. The predicted octanol–water partition coefficient (Wildman–Crippen LogP) is 5.83. The molecule has 0 spiro atoms. The molecule has 0 saturated heterocycles. The largest absolute Gasteiger partial charge is 0.511 e. The van der Waals surface area contributed by atoms with Gasteiger partial charge < -0.3 is 10.2 Å². The zero-order valence-electron chi connectivity index (χ0n) is 20.7. The topological polar surface area (TPSA) is 91.7 Å². The molecule has 176 valence electrons. The zero-order valence-corrected chi connectivity index (χ0v) is 20.7. The average Bonchev–Trinajstić information content (AvgIpc) is 2.59. The second-order valence-corrected chi connectivity index (χ2v) is 10.9. The lowest BCUT2D eigenvalue weighted by atomic mass is 9.63. The number of Topliss-reactive ketones (excluding diaryl/α,β-unsaturated/α-hetero) is 3. The highest BCUT2D eigenvalue weighted by Gasteiger charge is 2.44. The summed E-state index contributed by atoms with van der Waals surface area (Å²) in [6.45, 7) is 14.2. The minimum absolute atomic E-state index is 0.0835. The number of aliphatic hydroxyl groups excluding tert-OH is 2. The minimum Gasteiger partial charge on any atom is -0.511 e. The summed E-state index contributed by atoms with van der Waals surface area (Å²) in [5.41, 5.74) is -1.53. The van der Waals surface area contributed by atoms with Crippen LogP contribution in [0.25, 0.3) is 0 Å². The van der Waals surface area contributed by atoms with Gasteiger partial charge in [-0.05, 0) is 49.4 Å². The van der Waals surface area contributed by atoms with Crippen molar-refractivity contribution in [1.29, 1.82) is 0 Å². The van der Waals surface area contributed by atoms with Crippen molar-refractivity contribution in [3.05, 3.63) is 47.0 Å². The summed E-state index contributed by atoms with van der Waals surface area (Å²) < 4.78 is 0. The molecule has 0 fully saturated rings. The van der Waals surface area contributed by atoms with Gasteiger partial charge in [0.05, 0.1) is 5.57 Å². The number of allylic oxidation sites excluding steroid dienone is 7. The minimum atomic E-state index is -0.706. The lowest BCUT2D eigenvalue weighted by molar-refractivity contribution is -0.127. The lowest BCUT2D eigenvalue weighted by Gasteiger charge is -2.40. The van der Waals surface area contributed by atoms with Crippen molar-refractivity contribution >= 4 is 17.3 Å². The highest BCUT2D eigenvalue weighted by Crippen LogP contribution is 2.46. The molecule has 2 aliphatic rings. The summed E-state index contributed by atoms with van der Waals surface area (Å²) in [6.07, 6.45) is 9.35. The molecule has 0 saturated carbocycles. The first kappa shape index (κ1) is 25.8. The molecule has 0 aromatic rings. The van der Waals surface area contributed by atoms with Crippen LogP contribution in [0.1, 0.15) is 68.2 Å². The van der Waals surface area contributed by atoms with Crippen molar-refractivity contribution in [2.45, 2.75) is 68.2 Å². The average molecular weight is 443 g/mol. The van der Waals surface area contributed by atoms with Gasteiger partial charge in [-0.15, -0.1) is 0 Å². The monoisotopic (exact) mass is 442 g/mol. The van der Waals surface area contributed by atoms with Crippen LogP contribution < -0.4 is 0 Å². The van der Waals surface area contributed by atoms with Crippen molar-refractivity contribution in [1.82, 2.24) is 0 Å². The second kappa shape index (κ2) is 9.21. The fraction of sp³-hybridized carbons (Fsp3) is 0.593. The van der Waals surface area contributed by atoms with Gasteiger partial charge in [0.2, 0.25) is 0 Å². The van der Waals surface area contributed by atoms with E-state index in [2.05, 4.69) is 0 Å². The molecule has 32 heavy (non-hydrogen) atoms. The van der Waals surface area contributed by atoms with E-state index >= 15 is 0 Å². The number of rotatable bonds is 6. The van der Waals surface area contributed by atoms with Crippen LogP contribution >= 0.6 is 0 Å². The molecule has 2 rings (SSSR count). The number of carbonyl (C=O) groups is 3. The summed E-state index contributed by atoms with van der Waals surface area (Å²) in [6, 6.07) is 0. The van der Waals surface area contributed by atoms with E-state index in [1.165, 1.54) is 13.8 Å². The summed E-state index contributed by atoms with van der Waals surface area (Å²) in [5, 5.41) is 22.4. The lowest BCUT2D eigenvalue weighted by Crippen LogP contribution is -2.39. The molecule has 0 aliphatic heterocycles. The molecule has 0 aromatic heterocycles. The van der Waals surface area contributed by atoms with Crippen LogP contribution in [0.3, 0.4) is 0 Å². The van der Waals surface area contributed by atoms with Gasteiger partial charge in [-0.3, -0.25) is 14.4 Å². The first-order valence-corrected chi connectivity index (χ1v) is 11.4. The smallest absolute Gasteiger partial charge is 0.174 e. The number of hydrogen-bond donors (Lipinski definition) is 2. The van der Waals surface area contributed by atoms with Crippen molar-refractivity contribution in [2.75, 3.05) is 0 Å². The quantitative estimate of drug-likeness (QED) is 0.135. The predicted molar refractivity (Wildman–Crippen MR) is 126 cm³/mol. The third-order valence-electron chi connectivity index (χ3n) is 7.16. The highest BCUT2D eigenvalue weighted by molar-refractivity contribution is 6.22. The van der Waals surface area contributed by atoms with Gasteiger partial charge in [0.25, 0.3) is 0 Å². The van der Waals surface area contributed by atoms with Gasteiger partial charge in [0.15, 0.2) is 17.3 Å². The fourth-order valence-corrected chi connectivity index (χ4v) is 5.65. The number of ketones is 3. The Bertz CT molecular complexity index is 926. The van der Waals surface area contributed by atoms with Gasteiger partial charge in [0.1, 0.15) is 17.1 Å². The molecule has 4 unspecified atom stereocenters. The van der Waals surface area contributed by atoms with Crippen LogP contribution in [0.4, 0.5) is 0 Å². The summed E-state index contributed by atoms with van der Waals surface area (Å²) >= 11 is 0. The second-order valence-electron chi connectivity index (χ2n) is 10.9. The van der Waals surface area contributed by atoms with Crippen molar-refractivity contribution in [2.24, 2.45) is 34.5 Å². The van der Waals surface area contributed by atoms with Crippen LogP contribution in [0.5, 0.6) is 0 Å². The maximum Gasteiger partial charge on any atom is 0.174 e. The molecular formula is C27H38O5. The standard InChI is InChI=1S/C27H38O5/c1-15-11-9-13-26(5,6)21(15)24(31)19(17(3)28)23(30)20(18(4)29)25(32)22-16(2)12-10-14-27(22,7)8/h9-12,15-16,21-22,30-31H,13-14H2,1-8H3. The Hall–Kier alpha value is -2.43. The van der Waals surface area contributed by atoms with Crippen molar-refractivity contribution < 1.29 is 24.6 Å². The van der Waals surface area contributed by atoms with Crippen molar-refractivity contribution in [3.63, 3.8) is 0 Å². The van der Waals surface area contributed by atoms with Gasteiger partial charge in [0, 0.05) is 11.8 Å². The van der Waals surface area contributed by atoms with E-state index in [9.17, 15) is 24.6 Å². The van der Waals surface area contributed by atoms with Crippen LogP contribution in [0, 0.1) is 34.5 Å². The first-order chi connectivity index (χ1) is 14.6. The third-order valence-corrected chi connectivity index (χ3v) is 7.16. The van der Waals surface area contributed by atoms with Gasteiger partial charge >= 0.3 is 0 Å². The van der Waals surface area contributed by atoms with E-state index in [0.29, 0.717) is 12.8 Å². The molecule has 0 aromatic carbocycles. The van der Waals surface area contributed by atoms with E-state index < -0.39 is 45.9 Å². The van der Waals surface area contributed by atoms with Crippen LogP contribution in [0.15, 0.2) is 47.0 Å². The maximum atomic E-state index is 13.6. The Morgan fingerprint density at radius 1 is 0.750 bits per heavy atom. The number of hydrogen-bond acceptors (Lipinski definition) is 5. The van der Waals surface area contributed by atoms with Crippen LogP contribution in [-0.4, -0.2) is 27.6 Å². The first-order valence-electron chi connectivity index (χ1n) is 11.4. The maximum absolute atomic E-state index is 13.6.